The van der Waals surface area contributed by atoms with Crippen LogP contribution in [-0.2, 0) is 0 Å². The zero-order valence-corrected chi connectivity index (χ0v) is 6.93. The minimum Gasteiger partial charge on any atom is -0.460 e. The first kappa shape index (κ1) is 6.59. The number of furan rings is 1. The first-order valence-corrected chi connectivity index (χ1v) is 3.90. The molecule has 64 valence electrons. The van der Waals surface area contributed by atoms with E-state index in [4.69, 9.17) is 4.42 Å². The smallest absolute Gasteiger partial charge is 0.221 e. The van der Waals surface area contributed by atoms with Crippen molar-refractivity contribution in [3.63, 3.8) is 0 Å². The Morgan fingerprint density at radius 3 is 3.23 bits per heavy atom. The van der Waals surface area contributed by atoms with E-state index < -0.39 is 0 Å². The van der Waals surface area contributed by atoms with E-state index in [9.17, 15) is 0 Å². The van der Waals surface area contributed by atoms with Gasteiger partial charge < -0.3 is 4.42 Å². The van der Waals surface area contributed by atoms with Crippen LogP contribution in [-0.4, -0.2) is 19.8 Å². The van der Waals surface area contributed by atoms with Gasteiger partial charge in [0, 0.05) is 5.39 Å². The molecule has 3 aromatic heterocycles. The Hall–Kier alpha value is -1.91. The van der Waals surface area contributed by atoms with E-state index in [0.29, 0.717) is 5.65 Å². The SMILES string of the molecule is Cc1nnc2c3occc3cnn12. The highest BCUT2D eigenvalue weighted by molar-refractivity contribution is 5.87. The van der Waals surface area contributed by atoms with Crippen LogP contribution in [0.15, 0.2) is 22.9 Å². The largest absolute Gasteiger partial charge is 0.460 e. The minimum absolute atomic E-state index is 0.667. The third-order valence-electron chi connectivity index (χ3n) is 2.01. The van der Waals surface area contributed by atoms with Crippen molar-refractivity contribution in [2.75, 3.05) is 0 Å². The van der Waals surface area contributed by atoms with Crippen molar-refractivity contribution < 1.29 is 4.42 Å². The monoisotopic (exact) mass is 174 g/mol. The van der Waals surface area contributed by atoms with Gasteiger partial charge in [-0.2, -0.15) is 9.61 Å². The van der Waals surface area contributed by atoms with Crippen molar-refractivity contribution in [3.8, 4) is 0 Å². The molecule has 3 rings (SSSR count). The molecule has 0 unspecified atom stereocenters. The summed E-state index contributed by atoms with van der Waals surface area (Å²) in [6.07, 6.45) is 3.36. The summed E-state index contributed by atoms with van der Waals surface area (Å²) in [5.74, 6) is 0.758. The van der Waals surface area contributed by atoms with Gasteiger partial charge in [-0.3, -0.25) is 0 Å². The summed E-state index contributed by atoms with van der Waals surface area (Å²) in [6.45, 7) is 1.85. The van der Waals surface area contributed by atoms with Crippen molar-refractivity contribution in [1.82, 2.24) is 19.8 Å². The molecule has 0 aliphatic heterocycles. The molecular weight excluding hydrogens is 168 g/mol. The van der Waals surface area contributed by atoms with Crippen LogP contribution in [0.25, 0.3) is 16.6 Å². The molecule has 0 N–H and O–H groups in total. The van der Waals surface area contributed by atoms with Crippen LogP contribution in [0.4, 0.5) is 0 Å². The molecule has 5 nitrogen and oxygen atoms in total. The van der Waals surface area contributed by atoms with Crippen molar-refractivity contribution in [2.24, 2.45) is 0 Å². The third kappa shape index (κ3) is 0.729. The molecule has 13 heavy (non-hydrogen) atoms. The number of aromatic nitrogens is 4. The van der Waals surface area contributed by atoms with Gasteiger partial charge in [-0.1, -0.05) is 0 Å². The van der Waals surface area contributed by atoms with Gasteiger partial charge in [-0.25, -0.2) is 0 Å². The maximum atomic E-state index is 5.28. The second-order valence-electron chi connectivity index (χ2n) is 2.83. The molecule has 3 heterocycles. The molecular formula is C8H6N4O. The predicted molar refractivity (Wildman–Crippen MR) is 45.3 cm³/mol. The highest BCUT2D eigenvalue weighted by Gasteiger charge is 2.08. The van der Waals surface area contributed by atoms with E-state index in [0.717, 1.165) is 16.8 Å². The van der Waals surface area contributed by atoms with Crippen LogP contribution < -0.4 is 0 Å². The van der Waals surface area contributed by atoms with Crippen molar-refractivity contribution in [1.29, 1.82) is 0 Å². The quantitative estimate of drug-likeness (QED) is 0.513. The number of fused-ring (bicyclic) bond motifs is 3. The summed E-state index contributed by atoms with van der Waals surface area (Å²) in [6, 6.07) is 1.85. The minimum atomic E-state index is 0.667. The van der Waals surface area contributed by atoms with Crippen LogP contribution in [0.3, 0.4) is 0 Å². The molecule has 0 aliphatic carbocycles. The second kappa shape index (κ2) is 2.07. The Bertz CT molecular complexity index is 580. The summed E-state index contributed by atoms with van der Waals surface area (Å²) in [4.78, 5) is 0. The van der Waals surface area contributed by atoms with E-state index >= 15 is 0 Å². The average Bonchev–Trinajstić information content (AvgIpc) is 2.70. The molecule has 3 aromatic rings. The lowest BCUT2D eigenvalue weighted by Gasteiger charge is -1.91. The van der Waals surface area contributed by atoms with Crippen molar-refractivity contribution in [3.05, 3.63) is 24.4 Å². The van der Waals surface area contributed by atoms with Crippen molar-refractivity contribution in [2.45, 2.75) is 6.92 Å². The Morgan fingerprint density at radius 2 is 2.31 bits per heavy atom. The van der Waals surface area contributed by atoms with Crippen molar-refractivity contribution >= 4 is 16.6 Å². The van der Waals surface area contributed by atoms with Gasteiger partial charge in [0.05, 0.1) is 12.5 Å². The fourth-order valence-corrected chi connectivity index (χ4v) is 1.36. The van der Waals surface area contributed by atoms with E-state index in [1.165, 1.54) is 0 Å². The second-order valence-corrected chi connectivity index (χ2v) is 2.83. The topological polar surface area (TPSA) is 56.2 Å². The van der Waals surface area contributed by atoms with E-state index in [2.05, 4.69) is 15.3 Å². The van der Waals surface area contributed by atoms with E-state index in [1.807, 2.05) is 13.0 Å². The predicted octanol–water partition coefficient (Wildman–Crippen LogP) is 1.18. The van der Waals surface area contributed by atoms with Gasteiger partial charge in [0.15, 0.2) is 11.4 Å². The summed E-state index contributed by atoms with van der Waals surface area (Å²) in [5, 5.41) is 13.0. The van der Waals surface area contributed by atoms with Gasteiger partial charge in [-0.05, 0) is 13.0 Å². The molecule has 0 fully saturated rings. The van der Waals surface area contributed by atoms with Gasteiger partial charge in [0.1, 0.15) is 0 Å². The van der Waals surface area contributed by atoms with Crippen LogP contribution in [0.1, 0.15) is 5.82 Å². The number of rotatable bonds is 0. The summed E-state index contributed by atoms with van der Waals surface area (Å²) in [5.41, 5.74) is 1.40. The number of hydrogen-bond donors (Lipinski definition) is 0. The van der Waals surface area contributed by atoms with E-state index in [-0.39, 0.29) is 0 Å². The summed E-state index contributed by atoms with van der Waals surface area (Å²) in [7, 11) is 0. The molecule has 0 atom stereocenters. The van der Waals surface area contributed by atoms with Crippen LogP contribution in [0, 0.1) is 6.92 Å². The highest BCUT2D eigenvalue weighted by atomic mass is 16.3. The Kier molecular flexibility index (Phi) is 1.05. The normalized spacial score (nSPS) is 11.5. The summed E-state index contributed by atoms with van der Waals surface area (Å²) < 4.78 is 6.94. The van der Waals surface area contributed by atoms with Crippen LogP contribution in [0.2, 0.25) is 0 Å². The van der Waals surface area contributed by atoms with Crippen LogP contribution in [0.5, 0.6) is 0 Å². The molecule has 0 saturated carbocycles. The summed E-state index contributed by atoms with van der Waals surface area (Å²) >= 11 is 0. The molecule has 0 spiro atoms. The molecule has 0 aromatic carbocycles. The van der Waals surface area contributed by atoms with E-state index in [1.54, 1.807) is 17.0 Å². The standard InChI is InChI=1S/C8H6N4O/c1-5-10-11-8-7-6(2-3-13-7)4-9-12(5)8/h2-4H,1H3. The zero-order valence-electron chi connectivity index (χ0n) is 6.93. The lowest BCUT2D eigenvalue weighted by molar-refractivity contribution is 0.615. The lowest BCUT2D eigenvalue weighted by Crippen LogP contribution is -1.92. The van der Waals surface area contributed by atoms with Gasteiger partial charge in [-0.15, -0.1) is 10.2 Å². The fraction of sp³-hybridized carbons (Fsp3) is 0.125. The fourth-order valence-electron chi connectivity index (χ4n) is 1.36. The first-order chi connectivity index (χ1) is 6.36. The molecule has 0 radical (unpaired) electrons. The number of hydrogen-bond acceptors (Lipinski definition) is 4. The zero-order chi connectivity index (χ0) is 8.84. The number of nitrogens with zero attached hydrogens (tertiary/aromatic N) is 4. The Morgan fingerprint density at radius 1 is 1.38 bits per heavy atom. The number of aryl methyl sites for hydroxylation is 1. The average molecular weight is 174 g/mol. The third-order valence-corrected chi connectivity index (χ3v) is 2.01. The van der Waals surface area contributed by atoms with Gasteiger partial charge >= 0.3 is 0 Å². The molecule has 0 aliphatic rings. The molecule has 0 saturated heterocycles. The molecule has 0 amide bonds. The molecule has 5 heteroatoms. The van der Waals surface area contributed by atoms with Crippen LogP contribution >= 0.6 is 0 Å². The lowest BCUT2D eigenvalue weighted by atomic mass is 10.4. The highest BCUT2D eigenvalue weighted by Crippen LogP contribution is 2.17. The molecule has 0 bridgehead atoms. The first-order valence-electron chi connectivity index (χ1n) is 3.90. The van der Waals surface area contributed by atoms with Gasteiger partial charge in [0.25, 0.3) is 0 Å². The Labute approximate surface area is 73.0 Å². The Balaban J connectivity index is 2.66. The van der Waals surface area contributed by atoms with Gasteiger partial charge in [0.2, 0.25) is 5.65 Å². The maximum Gasteiger partial charge on any atom is 0.221 e. The maximum absolute atomic E-state index is 5.28.